The van der Waals surface area contributed by atoms with Crippen LogP contribution in [0.1, 0.15) is 51.9 Å². The molecule has 51 heavy (non-hydrogen) atoms. The zero-order valence-corrected chi connectivity index (χ0v) is 29.2. The van der Waals surface area contributed by atoms with E-state index in [1.165, 1.54) is 0 Å². The van der Waals surface area contributed by atoms with Crippen molar-refractivity contribution >= 4 is 27.7 Å². The highest BCUT2D eigenvalue weighted by atomic mass is 79.9. The summed E-state index contributed by atoms with van der Waals surface area (Å²) in [5, 5.41) is 13.0. The minimum absolute atomic E-state index is 0.0432. The summed E-state index contributed by atoms with van der Waals surface area (Å²) in [6.07, 6.45) is -0.186. The lowest BCUT2D eigenvalue weighted by molar-refractivity contribution is -0.130. The molecule has 0 spiro atoms. The average molecular weight is 744 g/mol. The number of aliphatic hydroxyl groups is 1. The molecule has 0 aromatic heterocycles. The first kappa shape index (κ1) is 34.0. The van der Waals surface area contributed by atoms with E-state index in [-0.39, 0.29) is 31.5 Å². The summed E-state index contributed by atoms with van der Waals surface area (Å²) in [6.45, 7) is 0.499. The summed E-state index contributed by atoms with van der Waals surface area (Å²) >= 11 is 3.70. The second-order valence-electron chi connectivity index (χ2n) is 12.4. The van der Waals surface area contributed by atoms with Crippen molar-refractivity contribution in [2.24, 2.45) is 10.1 Å². The molecule has 1 aliphatic heterocycles. The monoisotopic (exact) mass is 742 g/mol. The number of aliphatic imine (C=N–C) groups is 1. The molecule has 0 saturated heterocycles. The van der Waals surface area contributed by atoms with Crippen LogP contribution < -0.4 is 15.6 Å². The Morgan fingerprint density at radius 2 is 1.51 bits per heavy atom. The van der Waals surface area contributed by atoms with Crippen molar-refractivity contribution < 1.29 is 19.4 Å². The number of ether oxygens (including phenoxy) is 2. The van der Waals surface area contributed by atoms with Gasteiger partial charge in [-0.3, -0.25) is 10.2 Å². The zero-order valence-electron chi connectivity index (χ0n) is 27.6. The number of hydrogen-bond donors (Lipinski definition) is 3. The van der Waals surface area contributed by atoms with Gasteiger partial charge in [0.1, 0.15) is 5.75 Å². The van der Waals surface area contributed by atoms with Gasteiger partial charge in [-0.2, -0.15) is 0 Å². The number of fused-ring (bicyclic) bond motifs is 3. The Balaban J connectivity index is 1.32. The smallest absolute Gasteiger partial charge is 0.266 e. The zero-order chi connectivity index (χ0) is 35.2. The summed E-state index contributed by atoms with van der Waals surface area (Å²) in [5.41, 5.74) is 21.4. The van der Waals surface area contributed by atoms with E-state index in [0.29, 0.717) is 35.8 Å². The molecule has 5 aromatic rings. The maximum absolute atomic E-state index is 15.1. The predicted octanol–water partition coefficient (Wildman–Crippen LogP) is 7.91. The van der Waals surface area contributed by atoms with Crippen molar-refractivity contribution in [3.05, 3.63) is 170 Å². The highest BCUT2D eigenvalue weighted by Crippen LogP contribution is 2.46. The van der Waals surface area contributed by atoms with Crippen LogP contribution in [-0.2, 0) is 22.5 Å². The molecular formula is C40H35BrN6O4. The lowest BCUT2D eigenvalue weighted by Gasteiger charge is -2.32. The lowest BCUT2D eigenvalue weighted by atomic mass is 9.80. The summed E-state index contributed by atoms with van der Waals surface area (Å²) < 4.78 is 13.3. The molecule has 10 nitrogen and oxygen atoms in total. The number of rotatable bonds is 13. The molecule has 11 heteroatoms. The Labute approximate surface area is 303 Å². The molecule has 1 amide bonds. The molecule has 2 atom stereocenters. The second-order valence-corrected chi connectivity index (χ2v) is 13.2. The summed E-state index contributed by atoms with van der Waals surface area (Å²) in [6, 6.07) is 38.6. The third-order valence-electron chi connectivity index (χ3n) is 9.25. The average Bonchev–Trinajstić information content (AvgIpc) is 3.71. The highest BCUT2D eigenvalue weighted by Gasteiger charge is 2.54. The van der Waals surface area contributed by atoms with Crippen LogP contribution in [0, 0.1) is 0 Å². The number of hydrazine groups is 1. The number of amides is 1. The van der Waals surface area contributed by atoms with Gasteiger partial charge in [0, 0.05) is 34.4 Å². The number of azide groups is 1. The molecule has 1 aliphatic carbocycles. The van der Waals surface area contributed by atoms with Crippen molar-refractivity contribution in [1.82, 2.24) is 10.9 Å². The molecule has 1 heterocycles. The van der Waals surface area contributed by atoms with E-state index in [0.717, 1.165) is 37.9 Å². The van der Waals surface area contributed by atoms with Crippen molar-refractivity contribution in [2.75, 3.05) is 13.2 Å². The topological polar surface area (TPSA) is 141 Å². The molecule has 5 aromatic carbocycles. The molecule has 0 saturated carbocycles. The molecule has 0 radical (unpaired) electrons. The minimum Gasteiger partial charge on any atom is -0.494 e. The molecular weight excluding hydrogens is 708 g/mol. The molecule has 7 rings (SSSR count). The van der Waals surface area contributed by atoms with Gasteiger partial charge in [-0.1, -0.05) is 112 Å². The Kier molecular flexibility index (Phi) is 10.1. The first-order chi connectivity index (χ1) is 25.0. The molecule has 0 bridgehead atoms. The molecule has 2 aliphatic rings. The van der Waals surface area contributed by atoms with Crippen LogP contribution in [0.25, 0.3) is 21.6 Å². The number of carbonyl (C=O) groups excluding carboxylic acids is 1. The normalized spacial score (nSPS) is 17.5. The van der Waals surface area contributed by atoms with Gasteiger partial charge in [0.15, 0.2) is 11.6 Å². The van der Waals surface area contributed by atoms with Gasteiger partial charge in [-0.25, -0.2) is 10.4 Å². The lowest BCUT2D eigenvalue weighted by Crippen LogP contribution is -2.54. The standard InChI is InChI=1S/C40H35BrN6O4/c41-35-17-8-2-10-27(35)24-40(39(49)46-45-36-33-15-6-4-13-31(33)32-14-5-7-16-34(32)36)37(30-12-3-1-11-28(30)25-43-47-42)51-38(44-40)26-18-20-29(21-19-26)50-23-9-22-48/h1-8,10-21,36-37,45,48H,9,22-25H2,(H,46,49)/t37-,40-/m0/s1. The minimum atomic E-state index is -1.51. The van der Waals surface area contributed by atoms with E-state index in [1.54, 1.807) is 0 Å². The van der Waals surface area contributed by atoms with E-state index in [2.05, 4.69) is 61.1 Å². The van der Waals surface area contributed by atoms with Crippen LogP contribution in [0.4, 0.5) is 0 Å². The van der Waals surface area contributed by atoms with E-state index in [1.807, 2.05) is 97.1 Å². The van der Waals surface area contributed by atoms with Crippen molar-refractivity contribution in [1.29, 1.82) is 0 Å². The fourth-order valence-electron chi connectivity index (χ4n) is 6.79. The Morgan fingerprint density at radius 1 is 0.882 bits per heavy atom. The predicted molar refractivity (Wildman–Crippen MR) is 199 cm³/mol. The van der Waals surface area contributed by atoms with Gasteiger partial charge in [0.05, 0.1) is 19.2 Å². The molecule has 0 fully saturated rings. The number of nitrogens with one attached hydrogen (secondary N) is 2. The number of hydrogen-bond acceptors (Lipinski definition) is 7. The van der Waals surface area contributed by atoms with Crippen LogP contribution in [0.5, 0.6) is 5.75 Å². The molecule has 0 unspecified atom stereocenters. The van der Waals surface area contributed by atoms with E-state index in [9.17, 15) is 5.53 Å². The molecule has 256 valence electrons. The van der Waals surface area contributed by atoms with Crippen LogP contribution >= 0.6 is 15.9 Å². The third-order valence-corrected chi connectivity index (χ3v) is 10.0. The van der Waals surface area contributed by atoms with E-state index < -0.39 is 11.6 Å². The first-order valence-electron chi connectivity index (χ1n) is 16.7. The number of carbonyl (C=O) groups is 1. The highest BCUT2D eigenvalue weighted by molar-refractivity contribution is 9.10. The van der Waals surface area contributed by atoms with Crippen LogP contribution in [0.3, 0.4) is 0 Å². The number of aliphatic hydroxyl groups excluding tert-OH is 1. The largest absolute Gasteiger partial charge is 0.494 e. The van der Waals surface area contributed by atoms with Gasteiger partial charge >= 0.3 is 0 Å². The van der Waals surface area contributed by atoms with Crippen molar-refractivity contribution in [3.8, 4) is 16.9 Å². The Morgan fingerprint density at radius 3 is 2.18 bits per heavy atom. The fourth-order valence-corrected chi connectivity index (χ4v) is 7.22. The quantitative estimate of drug-likeness (QED) is 0.0370. The number of halogens is 1. The first-order valence-corrected chi connectivity index (χ1v) is 17.5. The molecule has 3 N–H and O–H groups in total. The van der Waals surface area contributed by atoms with Crippen LogP contribution in [-0.4, -0.2) is 35.7 Å². The van der Waals surface area contributed by atoms with Crippen molar-refractivity contribution in [3.63, 3.8) is 0 Å². The van der Waals surface area contributed by atoms with Gasteiger partial charge in [0.2, 0.25) is 5.90 Å². The van der Waals surface area contributed by atoms with Gasteiger partial charge < -0.3 is 14.6 Å². The number of benzene rings is 5. The van der Waals surface area contributed by atoms with Crippen LogP contribution in [0.2, 0.25) is 0 Å². The maximum atomic E-state index is 15.1. The summed E-state index contributed by atoms with van der Waals surface area (Å²) in [5.74, 6) is 0.544. The Bertz CT molecular complexity index is 2090. The van der Waals surface area contributed by atoms with E-state index >= 15 is 4.79 Å². The SMILES string of the molecule is [N-]=[N+]=NCc1ccccc1[C@@H]1OC(c2ccc(OCCCO)cc2)=N[C@]1(Cc1ccccc1Br)C(=O)NNC1c2ccccc2-c2ccccc21. The second kappa shape index (κ2) is 15.2. The summed E-state index contributed by atoms with van der Waals surface area (Å²) in [7, 11) is 0. The van der Waals surface area contributed by atoms with E-state index in [4.69, 9.17) is 19.6 Å². The van der Waals surface area contributed by atoms with Gasteiger partial charge in [-0.05, 0) is 74.8 Å². The van der Waals surface area contributed by atoms with Gasteiger partial charge in [-0.15, -0.1) is 0 Å². The van der Waals surface area contributed by atoms with Crippen LogP contribution in [0.15, 0.2) is 136 Å². The third kappa shape index (κ3) is 6.85. The fraction of sp³-hybridized carbons (Fsp3) is 0.200. The number of nitrogens with zero attached hydrogens (tertiary/aromatic N) is 4. The Hall–Kier alpha value is -5.45. The maximum Gasteiger partial charge on any atom is 0.266 e. The van der Waals surface area contributed by atoms with Gasteiger partial charge in [0.25, 0.3) is 5.91 Å². The van der Waals surface area contributed by atoms with Crippen molar-refractivity contribution in [2.45, 2.75) is 37.1 Å². The summed E-state index contributed by atoms with van der Waals surface area (Å²) in [4.78, 5) is 23.2.